The summed E-state index contributed by atoms with van der Waals surface area (Å²) in [5, 5.41) is 7.84. The van der Waals surface area contributed by atoms with Crippen LogP contribution in [0.4, 0.5) is 8.78 Å². The summed E-state index contributed by atoms with van der Waals surface area (Å²) in [5.41, 5.74) is 6.25. The molecule has 0 spiro atoms. The predicted octanol–water partition coefficient (Wildman–Crippen LogP) is 5.57. The standard InChI is InChI=1S/C23H20F2N6O/c1-13-21(15(3)32-29-13)16-8-20-22(27-9-16)18(17-10-28-31(11-17)23(24)25)12-30(20)14(2)19-6-4-5-7-26-19/h4-12,14,23H,1-3H3/t14-/m1/s1. The fourth-order valence-electron chi connectivity index (χ4n) is 4.04. The molecule has 0 amide bonds. The number of hydrogen-bond acceptors (Lipinski definition) is 5. The van der Waals surface area contributed by atoms with E-state index in [0.717, 1.165) is 33.6 Å². The molecule has 5 aromatic heterocycles. The molecular formula is C23H20F2N6O. The molecule has 0 fully saturated rings. The molecule has 0 bridgehead atoms. The smallest absolute Gasteiger partial charge is 0.333 e. The molecule has 7 nitrogen and oxygen atoms in total. The fourth-order valence-corrected chi connectivity index (χ4v) is 4.04. The highest BCUT2D eigenvalue weighted by atomic mass is 19.3. The third-order valence-electron chi connectivity index (χ3n) is 5.64. The van der Waals surface area contributed by atoms with Crippen molar-refractivity contribution >= 4 is 11.0 Å². The molecule has 32 heavy (non-hydrogen) atoms. The highest BCUT2D eigenvalue weighted by Gasteiger charge is 2.21. The van der Waals surface area contributed by atoms with E-state index in [-0.39, 0.29) is 6.04 Å². The zero-order chi connectivity index (χ0) is 22.4. The van der Waals surface area contributed by atoms with Crippen LogP contribution in [0.2, 0.25) is 0 Å². The molecule has 162 valence electrons. The highest BCUT2D eigenvalue weighted by molar-refractivity contribution is 5.95. The lowest BCUT2D eigenvalue weighted by Gasteiger charge is -2.15. The van der Waals surface area contributed by atoms with Crippen molar-refractivity contribution in [2.24, 2.45) is 0 Å². The molecule has 0 aliphatic rings. The van der Waals surface area contributed by atoms with Gasteiger partial charge in [0.05, 0.1) is 34.7 Å². The highest BCUT2D eigenvalue weighted by Crippen LogP contribution is 2.36. The predicted molar refractivity (Wildman–Crippen MR) is 115 cm³/mol. The number of alkyl halides is 2. The van der Waals surface area contributed by atoms with Gasteiger partial charge in [0.2, 0.25) is 0 Å². The van der Waals surface area contributed by atoms with Crippen LogP contribution in [-0.2, 0) is 0 Å². The Balaban J connectivity index is 1.73. The minimum atomic E-state index is -2.70. The van der Waals surface area contributed by atoms with Crippen LogP contribution in [0.25, 0.3) is 33.3 Å². The van der Waals surface area contributed by atoms with E-state index in [1.165, 1.54) is 12.4 Å². The summed E-state index contributed by atoms with van der Waals surface area (Å²) < 4.78 is 34.2. The van der Waals surface area contributed by atoms with Gasteiger partial charge in [-0.2, -0.15) is 13.9 Å². The average Bonchev–Trinajstić information content (AvgIpc) is 3.50. The lowest BCUT2D eigenvalue weighted by Crippen LogP contribution is -2.07. The number of aromatic nitrogens is 6. The van der Waals surface area contributed by atoms with E-state index >= 15 is 0 Å². The number of rotatable bonds is 5. The number of fused-ring (bicyclic) bond motifs is 1. The van der Waals surface area contributed by atoms with Crippen LogP contribution < -0.4 is 0 Å². The average molecular weight is 434 g/mol. The number of hydrogen-bond donors (Lipinski definition) is 0. The van der Waals surface area contributed by atoms with E-state index in [1.807, 2.05) is 51.2 Å². The Hall–Kier alpha value is -3.88. The molecule has 0 saturated heterocycles. The van der Waals surface area contributed by atoms with E-state index in [2.05, 4.69) is 19.8 Å². The molecule has 5 heterocycles. The van der Waals surface area contributed by atoms with Crippen LogP contribution >= 0.6 is 0 Å². The van der Waals surface area contributed by atoms with Gasteiger partial charge >= 0.3 is 6.55 Å². The first-order valence-corrected chi connectivity index (χ1v) is 10.1. The summed E-state index contributed by atoms with van der Waals surface area (Å²) in [7, 11) is 0. The van der Waals surface area contributed by atoms with Gasteiger partial charge in [-0.1, -0.05) is 11.2 Å². The molecule has 0 aliphatic carbocycles. The van der Waals surface area contributed by atoms with Gasteiger partial charge < -0.3 is 9.09 Å². The summed E-state index contributed by atoms with van der Waals surface area (Å²) in [6.07, 6.45) is 8.19. The minimum absolute atomic E-state index is 0.112. The van der Waals surface area contributed by atoms with E-state index in [4.69, 9.17) is 9.51 Å². The Morgan fingerprint density at radius 2 is 1.88 bits per heavy atom. The first kappa shape index (κ1) is 20.0. The third-order valence-corrected chi connectivity index (χ3v) is 5.64. The molecule has 0 radical (unpaired) electrons. The van der Waals surface area contributed by atoms with Crippen LogP contribution in [0, 0.1) is 13.8 Å². The first-order chi connectivity index (χ1) is 15.4. The Morgan fingerprint density at radius 1 is 1.03 bits per heavy atom. The van der Waals surface area contributed by atoms with Crippen molar-refractivity contribution < 1.29 is 13.3 Å². The van der Waals surface area contributed by atoms with Crippen LogP contribution in [0.3, 0.4) is 0 Å². The first-order valence-electron chi connectivity index (χ1n) is 10.1. The number of nitrogens with zero attached hydrogens (tertiary/aromatic N) is 6. The molecule has 5 rings (SSSR count). The van der Waals surface area contributed by atoms with E-state index in [0.29, 0.717) is 21.5 Å². The van der Waals surface area contributed by atoms with Gasteiger partial charge in [0.1, 0.15) is 5.76 Å². The monoisotopic (exact) mass is 434 g/mol. The maximum absolute atomic E-state index is 13.1. The SMILES string of the molecule is Cc1noc(C)c1-c1cnc2c(-c3cnn(C(F)F)c3)cn([C@H](C)c3ccccn3)c2c1. The zero-order valence-electron chi connectivity index (χ0n) is 17.7. The van der Waals surface area contributed by atoms with Crippen molar-refractivity contribution in [2.75, 3.05) is 0 Å². The number of aryl methyl sites for hydroxylation is 2. The lowest BCUT2D eigenvalue weighted by atomic mass is 10.1. The fraction of sp³-hybridized carbons (Fsp3) is 0.217. The van der Waals surface area contributed by atoms with Gasteiger partial charge in [0, 0.05) is 47.0 Å². The molecule has 0 N–H and O–H groups in total. The van der Waals surface area contributed by atoms with Gasteiger partial charge in [-0.15, -0.1) is 0 Å². The van der Waals surface area contributed by atoms with Crippen molar-refractivity contribution in [1.29, 1.82) is 0 Å². The topological polar surface area (TPSA) is 74.6 Å². The molecule has 0 saturated carbocycles. The molecule has 0 aromatic carbocycles. The molecule has 9 heteroatoms. The van der Waals surface area contributed by atoms with Gasteiger partial charge in [0.25, 0.3) is 0 Å². The van der Waals surface area contributed by atoms with Gasteiger partial charge in [-0.05, 0) is 39.0 Å². The van der Waals surface area contributed by atoms with Crippen LogP contribution in [-0.4, -0.2) is 29.5 Å². The molecular weight excluding hydrogens is 414 g/mol. The maximum Gasteiger partial charge on any atom is 0.333 e. The molecule has 0 unspecified atom stereocenters. The Morgan fingerprint density at radius 3 is 2.53 bits per heavy atom. The van der Waals surface area contributed by atoms with Crippen molar-refractivity contribution in [3.05, 3.63) is 72.4 Å². The van der Waals surface area contributed by atoms with Gasteiger partial charge in [-0.3, -0.25) is 9.97 Å². The van der Waals surface area contributed by atoms with Crippen LogP contribution in [0.15, 0.2) is 59.8 Å². The Labute approximate surface area is 182 Å². The second-order valence-corrected chi connectivity index (χ2v) is 7.66. The quantitative estimate of drug-likeness (QED) is 0.361. The maximum atomic E-state index is 13.1. The van der Waals surface area contributed by atoms with Crippen molar-refractivity contribution in [3.63, 3.8) is 0 Å². The largest absolute Gasteiger partial charge is 0.361 e. The van der Waals surface area contributed by atoms with Gasteiger partial charge in [0.15, 0.2) is 0 Å². The molecule has 5 aromatic rings. The van der Waals surface area contributed by atoms with Crippen molar-refractivity contribution in [3.8, 4) is 22.3 Å². The third kappa shape index (κ3) is 3.26. The normalized spacial score (nSPS) is 12.7. The number of halogens is 2. The summed E-state index contributed by atoms with van der Waals surface area (Å²) >= 11 is 0. The zero-order valence-corrected chi connectivity index (χ0v) is 17.7. The summed E-state index contributed by atoms with van der Waals surface area (Å²) in [4.78, 5) is 9.20. The molecule has 0 aliphatic heterocycles. The number of pyridine rings is 2. The van der Waals surface area contributed by atoms with Crippen LogP contribution in [0.5, 0.6) is 0 Å². The van der Waals surface area contributed by atoms with E-state index in [9.17, 15) is 8.78 Å². The second kappa shape index (κ2) is 7.67. The van der Waals surface area contributed by atoms with Gasteiger partial charge in [-0.25, -0.2) is 4.68 Å². The molecule has 1 atom stereocenters. The Kier molecular flexibility index (Phi) is 4.80. The summed E-state index contributed by atoms with van der Waals surface area (Å²) in [6, 6.07) is 7.67. The summed E-state index contributed by atoms with van der Waals surface area (Å²) in [6.45, 7) is 3.08. The van der Waals surface area contributed by atoms with E-state index in [1.54, 1.807) is 12.4 Å². The van der Waals surface area contributed by atoms with Crippen molar-refractivity contribution in [1.82, 2.24) is 29.5 Å². The Bertz CT molecular complexity index is 1380. The minimum Gasteiger partial charge on any atom is -0.361 e. The second-order valence-electron chi connectivity index (χ2n) is 7.66. The summed E-state index contributed by atoms with van der Waals surface area (Å²) in [5.74, 6) is 0.706. The lowest BCUT2D eigenvalue weighted by molar-refractivity contribution is 0.0566. The van der Waals surface area contributed by atoms with Crippen LogP contribution in [0.1, 0.15) is 36.7 Å². The van der Waals surface area contributed by atoms with E-state index < -0.39 is 6.55 Å². The van der Waals surface area contributed by atoms with Crippen molar-refractivity contribution in [2.45, 2.75) is 33.4 Å².